The first-order valence-corrected chi connectivity index (χ1v) is 10.8. The van der Waals surface area contributed by atoms with E-state index in [4.69, 9.17) is 9.47 Å². The van der Waals surface area contributed by atoms with Gasteiger partial charge in [-0.2, -0.15) is 0 Å². The molecule has 2 amide bonds. The summed E-state index contributed by atoms with van der Waals surface area (Å²) in [7, 11) is 2.36. The van der Waals surface area contributed by atoms with Crippen molar-refractivity contribution in [3.63, 3.8) is 0 Å². The molecular formula is C23H19N3O8S. The third-order valence-electron chi connectivity index (χ3n) is 4.87. The maximum Gasteiger partial charge on any atom is 0.341 e. The molecule has 0 bridgehead atoms. The number of amides is 2. The van der Waals surface area contributed by atoms with Gasteiger partial charge in [0.1, 0.15) is 5.00 Å². The van der Waals surface area contributed by atoms with E-state index in [0.29, 0.717) is 0 Å². The Kier molecular flexibility index (Phi) is 7.56. The van der Waals surface area contributed by atoms with Crippen molar-refractivity contribution in [1.29, 1.82) is 0 Å². The maximum absolute atomic E-state index is 13.1. The Bertz CT molecular complexity index is 1350. The number of nitrogens with one attached hydrogen (secondary N) is 2. The summed E-state index contributed by atoms with van der Waals surface area (Å²) < 4.78 is 9.53. The number of rotatable bonds is 7. The van der Waals surface area contributed by atoms with Crippen molar-refractivity contribution in [1.82, 2.24) is 0 Å². The zero-order chi connectivity index (χ0) is 25.7. The predicted molar refractivity (Wildman–Crippen MR) is 127 cm³/mol. The summed E-state index contributed by atoms with van der Waals surface area (Å²) in [5.41, 5.74) is 0.229. The van der Waals surface area contributed by atoms with Crippen LogP contribution in [0.2, 0.25) is 0 Å². The average molecular weight is 497 g/mol. The summed E-state index contributed by atoms with van der Waals surface area (Å²) in [5.74, 6) is -2.79. The number of benzene rings is 2. The number of ether oxygens (including phenoxy) is 2. The number of anilines is 2. The van der Waals surface area contributed by atoms with Gasteiger partial charge < -0.3 is 20.1 Å². The standard InChI is InChI=1S/C23H19N3O8S/c1-12-17(23(30)34-3)21(25-19(27)13-7-6-8-14(11-13)26(31)32)35-18(12)20(28)24-16-10-5-4-9-15(16)22(29)33-2/h4-11H,1-3H3,(H,24,28)(H,25,27). The molecule has 0 aliphatic rings. The van der Waals surface area contributed by atoms with Gasteiger partial charge in [0.05, 0.1) is 40.8 Å². The lowest BCUT2D eigenvalue weighted by Gasteiger charge is -2.09. The number of carbonyl (C=O) groups is 4. The summed E-state index contributed by atoms with van der Waals surface area (Å²) in [6.07, 6.45) is 0. The molecular weight excluding hydrogens is 478 g/mol. The Morgan fingerprint density at radius 3 is 2.26 bits per heavy atom. The van der Waals surface area contributed by atoms with Crippen molar-refractivity contribution in [3.05, 3.63) is 85.8 Å². The molecule has 0 saturated heterocycles. The van der Waals surface area contributed by atoms with Crippen LogP contribution in [0, 0.1) is 17.0 Å². The number of hydrogen-bond donors (Lipinski definition) is 2. The Balaban J connectivity index is 1.96. The molecule has 3 rings (SSSR count). The third kappa shape index (κ3) is 5.33. The van der Waals surface area contributed by atoms with Gasteiger partial charge in [0, 0.05) is 17.7 Å². The lowest BCUT2D eigenvalue weighted by Crippen LogP contribution is -2.15. The smallest absolute Gasteiger partial charge is 0.341 e. The molecule has 1 aromatic heterocycles. The van der Waals surface area contributed by atoms with Gasteiger partial charge >= 0.3 is 11.9 Å². The van der Waals surface area contributed by atoms with Gasteiger partial charge in [-0.15, -0.1) is 11.3 Å². The highest BCUT2D eigenvalue weighted by molar-refractivity contribution is 7.19. The Morgan fingerprint density at radius 2 is 1.60 bits per heavy atom. The van der Waals surface area contributed by atoms with Crippen LogP contribution in [-0.4, -0.2) is 42.9 Å². The van der Waals surface area contributed by atoms with Gasteiger partial charge in [0.15, 0.2) is 0 Å². The van der Waals surface area contributed by atoms with Gasteiger partial charge in [-0.1, -0.05) is 18.2 Å². The van der Waals surface area contributed by atoms with Crippen molar-refractivity contribution in [2.45, 2.75) is 6.92 Å². The van der Waals surface area contributed by atoms with Crippen molar-refractivity contribution >= 4 is 51.5 Å². The predicted octanol–water partition coefficient (Wildman–Crippen LogP) is 4.04. The number of carbonyl (C=O) groups excluding carboxylic acids is 4. The van der Waals surface area contributed by atoms with Crippen LogP contribution < -0.4 is 10.6 Å². The molecule has 180 valence electrons. The summed E-state index contributed by atoms with van der Waals surface area (Å²) in [5, 5.41) is 16.2. The molecule has 2 aromatic carbocycles. The van der Waals surface area contributed by atoms with Crippen LogP contribution >= 0.6 is 11.3 Å². The molecule has 12 heteroatoms. The quantitative estimate of drug-likeness (QED) is 0.282. The van der Waals surface area contributed by atoms with E-state index in [2.05, 4.69) is 10.6 Å². The Morgan fingerprint density at radius 1 is 0.914 bits per heavy atom. The lowest BCUT2D eigenvalue weighted by atomic mass is 10.1. The number of nitro benzene ring substituents is 1. The fourth-order valence-corrected chi connectivity index (χ4v) is 4.25. The number of esters is 2. The molecule has 0 saturated carbocycles. The van der Waals surface area contributed by atoms with Gasteiger partial charge in [-0.25, -0.2) is 9.59 Å². The minimum atomic E-state index is -0.790. The fraction of sp³-hybridized carbons (Fsp3) is 0.130. The number of hydrogen-bond acceptors (Lipinski definition) is 9. The molecule has 0 aliphatic carbocycles. The summed E-state index contributed by atoms with van der Waals surface area (Å²) in [6.45, 7) is 1.51. The number of nitro groups is 1. The first kappa shape index (κ1) is 25.1. The van der Waals surface area contributed by atoms with Crippen LogP contribution in [0.25, 0.3) is 0 Å². The zero-order valence-corrected chi connectivity index (χ0v) is 19.6. The van der Waals surface area contributed by atoms with E-state index in [9.17, 15) is 29.3 Å². The fourth-order valence-electron chi connectivity index (χ4n) is 3.16. The molecule has 11 nitrogen and oxygen atoms in total. The minimum Gasteiger partial charge on any atom is -0.465 e. The summed E-state index contributed by atoms with van der Waals surface area (Å²) in [4.78, 5) is 60.7. The lowest BCUT2D eigenvalue weighted by molar-refractivity contribution is -0.384. The van der Waals surface area contributed by atoms with Gasteiger partial charge in [0.25, 0.3) is 17.5 Å². The van der Waals surface area contributed by atoms with Crippen LogP contribution in [0.4, 0.5) is 16.4 Å². The molecule has 1 heterocycles. The van der Waals surface area contributed by atoms with E-state index in [0.717, 1.165) is 24.5 Å². The first-order chi connectivity index (χ1) is 16.7. The van der Waals surface area contributed by atoms with E-state index in [1.165, 1.54) is 44.4 Å². The first-order valence-electron chi connectivity index (χ1n) is 9.94. The molecule has 0 spiro atoms. The molecule has 3 aromatic rings. The van der Waals surface area contributed by atoms with E-state index < -0.39 is 28.7 Å². The molecule has 0 aliphatic heterocycles. The largest absolute Gasteiger partial charge is 0.465 e. The minimum absolute atomic E-state index is 0.0147. The highest BCUT2D eigenvalue weighted by Crippen LogP contribution is 2.35. The van der Waals surface area contributed by atoms with Crippen molar-refractivity contribution in [2.24, 2.45) is 0 Å². The summed E-state index contributed by atoms with van der Waals surface area (Å²) in [6, 6.07) is 11.3. The molecule has 0 fully saturated rings. The van der Waals surface area contributed by atoms with Crippen molar-refractivity contribution in [3.8, 4) is 0 Å². The molecule has 2 N–H and O–H groups in total. The zero-order valence-electron chi connectivity index (χ0n) is 18.7. The van der Waals surface area contributed by atoms with E-state index >= 15 is 0 Å². The van der Waals surface area contributed by atoms with Crippen LogP contribution in [-0.2, 0) is 9.47 Å². The van der Waals surface area contributed by atoms with Crippen molar-refractivity contribution < 1.29 is 33.6 Å². The monoisotopic (exact) mass is 497 g/mol. The number of methoxy groups -OCH3 is 2. The van der Waals surface area contributed by atoms with Gasteiger partial charge in [-0.05, 0) is 30.7 Å². The van der Waals surface area contributed by atoms with Crippen LogP contribution in [0.1, 0.15) is 46.3 Å². The van der Waals surface area contributed by atoms with Crippen LogP contribution in [0.15, 0.2) is 48.5 Å². The topological polar surface area (TPSA) is 154 Å². The molecule has 0 atom stereocenters. The van der Waals surface area contributed by atoms with Crippen LogP contribution in [0.3, 0.4) is 0 Å². The maximum atomic E-state index is 13.1. The normalized spacial score (nSPS) is 10.3. The highest BCUT2D eigenvalue weighted by atomic mass is 32.1. The second-order valence-corrected chi connectivity index (χ2v) is 8.03. The van der Waals surface area contributed by atoms with Crippen molar-refractivity contribution in [2.75, 3.05) is 24.9 Å². The van der Waals surface area contributed by atoms with Crippen LogP contribution in [0.5, 0.6) is 0 Å². The Hall–Kier alpha value is -4.58. The molecule has 0 unspecified atom stereocenters. The van der Waals surface area contributed by atoms with Gasteiger partial charge in [0.2, 0.25) is 0 Å². The second-order valence-electron chi connectivity index (χ2n) is 7.00. The Labute approximate surface area is 202 Å². The van der Waals surface area contributed by atoms with E-state index in [1.807, 2.05) is 0 Å². The number of non-ortho nitro benzene ring substituents is 1. The molecule has 0 radical (unpaired) electrons. The molecule has 35 heavy (non-hydrogen) atoms. The third-order valence-corrected chi connectivity index (χ3v) is 6.08. The van der Waals surface area contributed by atoms with E-state index in [1.54, 1.807) is 12.1 Å². The average Bonchev–Trinajstić information content (AvgIpc) is 3.18. The second kappa shape index (κ2) is 10.6. The SMILES string of the molecule is COC(=O)c1ccccc1NC(=O)c1sc(NC(=O)c2cccc([N+](=O)[O-])c2)c(C(=O)OC)c1C. The number of para-hydroxylation sites is 1. The highest BCUT2D eigenvalue weighted by Gasteiger charge is 2.27. The number of thiophene rings is 1. The summed E-state index contributed by atoms with van der Waals surface area (Å²) >= 11 is 0.816. The number of nitrogens with zero attached hydrogens (tertiary/aromatic N) is 1. The van der Waals surface area contributed by atoms with Gasteiger partial charge in [-0.3, -0.25) is 19.7 Å². The van der Waals surface area contributed by atoms with E-state index in [-0.39, 0.29) is 43.5 Å².